The fraction of sp³-hybridized carbons (Fsp3) is 0.238. The molecule has 6 aromatic rings. The summed E-state index contributed by atoms with van der Waals surface area (Å²) in [5, 5.41) is 9.67. The van der Waals surface area contributed by atoms with Crippen LogP contribution in [0.15, 0.2) is 97.1 Å². The molecule has 50 heavy (non-hydrogen) atoms. The normalized spacial score (nSPS) is 10.2. The topological polar surface area (TPSA) is 58.2 Å². The monoisotopic (exact) mass is 781 g/mol. The number of rotatable bonds is 8. The van der Waals surface area contributed by atoms with Crippen LogP contribution in [0.4, 0.5) is 0 Å². The zero-order valence-electron chi connectivity index (χ0n) is 30.2. The van der Waals surface area contributed by atoms with E-state index >= 15 is 0 Å². The molecule has 0 aliphatic heterocycles. The Morgan fingerprint density at radius 1 is 0.600 bits per heavy atom. The van der Waals surface area contributed by atoms with Crippen LogP contribution < -0.4 is 10.5 Å². The summed E-state index contributed by atoms with van der Waals surface area (Å²) in [4.78, 5) is 18.8. The van der Waals surface area contributed by atoms with Crippen LogP contribution in [0.25, 0.3) is 43.8 Å². The van der Waals surface area contributed by atoms with Crippen molar-refractivity contribution in [2.75, 3.05) is 0 Å². The summed E-state index contributed by atoms with van der Waals surface area (Å²) in [6.45, 7) is 17.8. The Morgan fingerprint density at radius 2 is 0.940 bits per heavy atom. The molecule has 0 bridgehead atoms. The van der Waals surface area contributed by atoms with E-state index < -0.39 is 20.8 Å². The molecule has 0 aromatic heterocycles. The summed E-state index contributed by atoms with van der Waals surface area (Å²) in [5.74, 6) is 1.16. The van der Waals surface area contributed by atoms with Gasteiger partial charge in [0, 0.05) is 0 Å². The predicted molar refractivity (Wildman–Crippen MR) is 213 cm³/mol. The van der Waals surface area contributed by atoms with Gasteiger partial charge in [0.05, 0.1) is 0 Å². The second-order valence-corrected chi connectivity index (χ2v) is 16.5. The van der Waals surface area contributed by atoms with Crippen molar-refractivity contribution < 1.29 is 30.4 Å². The third kappa shape index (κ3) is 10.8. The summed E-state index contributed by atoms with van der Waals surface area (Å²) >= 11 is -0.826. The molecular weight excluding hydrogens is 737 g/mol. The van der Waals surface area contributed by atoms with Gasteiger partial charge in [-0.15, -0.1) is 69.1 Å². The molecule has 0 saturated heterocycles. The van der Waals surface area contributed by atoms with E-state index in [1.807, 2.05) is 0 Å². The molecule has 4 nitrogen and oxygen atoms in total. The number of hydrogen-bond acceptors (Lipinski definition) is 2. The molecule has 0 atom stereocenters. The van der Waals surface area contributed by atoms with E-state index in [0.29, 0.717) is 24.7 Å². The number of carbonyl (C=O) groups excluding carboxylic acids is 2. The van der Waals surface area contributed by atoms with Crippen molar-refractivity contribution in [2.24, 2.45) is 0 Å². The molecule has 2 N–H and O–H groups in total. The minimum absolute atomic E-state index is 0.455. The average molecular weight is 784 g/mol. The number of halogens is 2. The first-order chi connectivity index (χ1) is 24.0. The second-order valence-electron chi connectivity index (χ2n) is 12.8. The predicted octanol–water partition coefficient (Wildman–Crippen LogP) is 11.3. The summed E-state index contributed by atoms with van der Waals surface area (Å²) in [6, 6.07) is 35.8. The Labute approximate surface area is 317 Å². The van der Waals surface area contributed by atoms with E-state index in [0.717, 1.165) is 7.55 Å². The van der Waals surface area contributed by atoms with E-state index in [9.17, 15) is 9.59 Å². The third-order valence-corrected chi connectivity index (χ3v) is 8.97. The van der Waals surface area contributed by atoms with Crippen molar-refractivity contribution in [1.82, 2.24) is 10.5 Å². The first kappa shape index (κ1) is 41.0. The van der Waals surface area contributed by atoms with Crippen LogP contribution in [-0.2, 0) is 30.4 Å². The Bertz CT molecular complexity index is 1860. The number of fused-ring (bicyclic) bond motifs is 2. The van der Waals surface area contributed by atoms with Gasteiger partial charge in [0.1, 0.15) is 0 Å². The van der Waals surface area contributed by atoms with Gasteiger partial charge in [-0.1, -0.05) is 87.4 Å². The maximum atomic E-state index is 9.38. The van der Waals surface area contributed by atoms with Crippen molar-refractivity contribution in [3.05, 3.63) is 130 Å². The van der Waals surface area contributed by atoms with E-state index in [2.05, 4.69) is 163 Å². The van der Waals surface area contributed by atoms with Gasteiger partial charge in [-0.05, 0) is 72.9 Å². The van der Waals surface area contributed by atoms with Crippen molar-refractivity contribution in [3.8, 4) is 22.3 Å². The van der Waals surface area contributed by atoms with Gasteiger partial charge >= 0.3 is 45.4 Å². The van der Waals surface area contributed by atoms with Crippen LogP contribution in [0.3, 0.4) is 0 Å². The Kier molecular flexibility index (Phi) is 16.7. The molecule has 0 heterocycles. The molecule has 6 rings (SSSR count). The molecule has 2 amide bonds. The summed E-state index contributed by atoms with van der Waals surface area (Å²) in [6.07, 6.45) is 0.910. The molecule has 0 spiro atoms. The molecule has 1 radical (unpaired) electrons. The number of hydrogen-bond donors (Lipinski definition) is 2. The van der Waals surface area contributed by atoms with Crippen molar-refractivity contribution in [3.63, 3.8) is 0 Å². The summed E-state index contributed by atoms with van der Waals surface area (Å²) in [5.41, 5.74) is 13.8. The standard InChI is InChI=1S/2C20H21.C2H4BN2O2.2ClH.Zr/c2*1-13(2)17-11-16-8-6-10-19(20(16)12-17)18-9-5-7-14(3)15(18)4;6-1-4-3-5-2-7;;;/h2*5-13H,1-4H3;1-2H,(H,4,6)(H,5,7);2*1H;/q2*-1;;;;+4/p-2. The van der Waals surface area contributed by atoms with Crippen molar-refractivity contribution in [2.45, 2.75) is 67.2 Å². The second kappa shape index (κ2) is 20.4. The van der Waals surface area contributed by atoms with E-state index in [-0.39, 0.29) is 0 Å². The maximum absolute atomic E-state index is 9.38. The van der Waals surface area contributed by atoms with Crippen molar-refractivity contribution in [1.29, 1.82) is 0 Å². The minimum atomic E-state index is -0.826. The molecule has 6 aromatic carbocycles. The Balaban J connectivity index is 0.000000214. The first-order valence-corrected chi connectivity index (χ1v) is 23.0. The molecule has 0 aliphatic rings. The van der Waals surface area contributed by atoms with E-state index in [1.165, 1.54) is 77.2 Å². The Morgan fingerprint density at radius 3 is 1.28 bits per heavy atom. The first-order valence-electron chi connectivity index (χ1n) is 16.7. The van der Waals surface area contributed by atoms with Gasteiger partial charge in [-0.2, -0.15) is 12.1 Å². The summed E-state index contributed by atoms with van der Waals surface area (Å²) in [7, 11) is 11.0. The zero-order chi connectivity index (χ0) is 36.8. The van der Waals surface area contributed by atoms with Gasteiger partial charge in [-0.25, -0.2) is 0 Å². The quantitative estimate of drug-likeness (QED) is 0.0699. The average Bonchev–Trinajstić information content (AvgIpc) is 3.74. The van der Waals surface area contributed by atoms with Crippen LogP contribution in [0.5, 0.6) is 0 Å². The third-order valence-electron chi connectivity index (χ3n) is 8.97. The number of benzene rings is 4. The SMILES string of the molecule is Cc1cccc(-c2cccc3[cH-]c(C(C)C)cc23)c1C.Cc1cccc(-c2cccc3[cH-]c(C(C)C)cc23)c1C.O=CN[B]NC=O.[Cl][Zr+2][Cl]. The summed E-state index contributed by atoms with van der Waals surface area (Å²) < 4.78 is 0. The number of aryl methyl sites for hydroxylation is 2. The fourth-order valence-corrected chi connectivity index (χ4v) is 5.85. The van der Waals surface area contributed by atoms with Gasteiger partial charge in [-0.3, -0.25) is 9.59 Å². The van der Waals surface area contributed by atoms with Crippen LogP contribution in [0.2, 0.25) is 0 Å². The van der Waals surface area contributed by atoms with E-state index in [1.54, 1.807) is 0 Å². The molecule has 0 unspecified atom stereocenters. The molecule has 0 aliphatic carbocycles. The van der Waals surface area contributed by atoms with Gasteiger partial charge in [0.15, 0.2) is 12.8 Å². The molecule has 257 valence electrons. The van der Waals surface area contributed by atoms with Gasteiger partial charge in [0.2, 0.25) is 0 Å². The van der Waals surface area contributed by atoms with Crippen LogP contribution in [0, 0.1) is 27.7 Å². The molecule has 0 fully saturated rings. The van der Waals surface area contributed by atoms with Gasteiger partial charge < -0.3 is 10.5 Å². The Hall–Kier alpha value is -3.43. The van der Waals surface area contributed by atoms with Gasteiger partial charge in [0.25, 0.3) is 0 Å². The number of nitrogens with one attached hydrogen (secondary N) is 2. The van der Waals surface area contributed by atoms with Crippen LogP contribution in [0.1, 0.15) is 72.9 Å². The molecular formula is C42H46BCl2N2O2Zr. The molecule has 8 heteroatoms. The fourth-order valence-electron chi connectivity index (χ4n) is 5.85. The number of carbonyl (C=O) groups is 2. The van der Waals surface area contributed by atoms with Crippen LogP contribution >= 0.6 is 17.0 Å². The van der Waals surface area contributed by atoms with Crippen molar-refractivity contribution >= 4 is 58.9 Å². The zero-order valence-corrected chi connectivity index (χ0v) is 34.2. The molecule has 0 saturated carbocycles. The van der Waals surface area contributed by atoms with Crippen LogP contribution in [-0.4, -0.2) is 20.4 Å². The number of amides is 2. The van der Waals surface area contributed by atoms with E-state index in [4.69, 9.17) is 17.0 Å².